The van der Waals surface area contributed by atoms with E-state index in [0.717, 1.165) is 16.2 Å². The largest absolute Gasteiger partial charge is 0.455 e. The van der Waals surface area contributed by atoms with E-state index in [1.807, 2.05) is 66.7 Å². The van der Waals surface area contributed by atoms with Gasteiger partial charge in [-0.1, -0.05) is 48.5 Å². The van der Waals surface area contributed by atoms with Gasteiger partial charge in [-0.2, -0.15) is 0 Å². The van der Waals surface area contributed by atoms with E-state index in [4.69, 9.17) is 4.42 Å². The summed E-state index contributed by atoms with van der Waals surface area (Å²) >= 11 is 0. The molecule has 0 bridgehead atoms. The number of hydrogen-bond acceptors (Lipinski definition) is 2. The molecule has 5 rings (SSSR count). The fourth-order valence-corrected chi connectivity index (χ4v) is 4.83. The summed E-state index contributed by atoms with van der Waals surface area (Å²) in [5.74, 6) is 0.185. The fourth-order valence-electron chi connectivity index (χ4n) is 3.47. The molecule has 0 aliphatic carbocycles. The van der Waals surface area contributed by atoms with Crippen LogP contribution in [0.3, 0.4) is 0 Å². The Labute approximate surface area is 163 Å². The molecule has 4 aromatic carbocycles. The maximum atomic E-state index is 13.6. The number of furan rings is 1. The van der Waals surface area contributed by atoms with E-state index in [1.165, 1.54) is 12.1 Å². The molecule has 1 heterocycles. The number of hydrogen-bond donors (Lipinski definition) is 0. The molecule has 1 unspecified atom stereocenters. The second-order valence-electron chi connectivity index (χ2n) is 6.51. The molecule has 0 radical (unpaired) electrons. The maximum absolute atomic E-state index is 13.6. The Hall–Kier alpha value is -3.24. The second kappa shape index (κ2) is 6.73. The van der Waals surface area contributed by atoms with Crippen LogP contribution in [0.15, 0.2) is 105 Å². The van der Waals surface area contributed by atoms with Gasteiger partial charge >= 0.3 is 0 Å². The summed E-state index contributed by atoms with van der Waals surface area (Å²) < 4.78 is 33.2. The lowest BCUT2D eigenvalue weighted by atomic mass is 10.1. The van der Waals surface area contributed by atoms with Crippen LogP contribution in [0.1, 0.15) is 0 Å². The van der Waals surface area contributed by atoms with Gasteiger partial charge in [-0.25, -0.2) is 8.60 Å². The molecule has 0 aliphatic rings. The van der Waals surface area contributed by atoms with Crippen LogP contribution in [-0.2, 0) is 10.8 Å². The van der Waals surface area contributed by atoms with Crippen molar-refractivity contribution in [2.24, 2.45) is 0 Å². The summed E-state index contributed by atoms with van der Waals surface area (Å²) in [6.07, 6.45) is 0. The maximum Gasteiger partial charge on any atom is 0.151 e. The van der Waals surface area contributed by atoms with Crippen LogP contribution in [0.25, 0.3) is 33.1 Å². The Morgan fingerprint density at radius 3 is 2.25 bits per heavy atom. The summed E-state index contributed by atoms with van der Waals surface area (Å²) in [7, 11) is -1.45. The molecule has 0 saturated carbocycles. The summed E-state index contributed by atoms with van der Waals surface area (Å²) in [6, 6.07) is 27.2. The second-order valence-corrected chi connectivity index (χ2v) is 7.93. The number of rotatable bonds is 3. The standard InChI is InChI=1S/C24H15FO2S/c25-18-13-10-17(11-14-18)23-24(28(26)19-7-2-1-3-8-19)22-20-9-5-4-6-16(20)12-15-21(22)27-23/h1-15H. The van der Waals surface area contributed by atoms with Crippen LogP contribution in [0.2, 0.25) is 0 Å². The highest BCUT2D eigenvalue weighted by atomic mass is 32.2. The van der Waals surface area contributed by atoms with Gasteiger partial charge in [0.1, 0.15) is 11.4 Å². The van der Waals surface area contributed by atoms with Crippen LogP contribution in [0.4, 0.5) is 4.39 Å². The van der Waals surface area contributed by atoms with Gasteiger partial charge in [0, 0.05) is 15.8 Å². The summed E-state index contributed by atoms with van der Waals surface area (Å²) in [6.45, 7) is 0. The number of fused-ring (bicyclic) bond motifs is 3. The average Bonchev–Trinajstić information content (AvgIpc) is 3.14. The Balaban J connectivity index is 1.88. The van der Waals surface area contributed by atoms with Crippen LogP contribution >= 0.6 is 0 Å². The van der Waals surface area contributed by atoms with E-state index in [0.29, 0.717) is 26.7 Å². The smallest absolute Gasteiger partial charge is 0.151 e. The molecule has 136 valence electrons. The molecule has 1 aromatic heterocycles. The molecule has 0 spiro atoms. The van der Waals surface area contributed by atoms with Crippen LogP contribution in [-0.4, -0.2) is 4.21 Å². The zero-order chi connectivity index (χ0) is 19.1. The molecule has 0 amide bonds. The zero-order valence-corrected chi connectivity index (χ0v) is 15.6. The lowest BCUT2D eigenvalue weighted by Gasteiger charge is -2.06. The van der Waals surface area contributed by atoms with E-state index in [9.17, 15) is 8.60 Å². The SMILES string of the molecule is O=S(c1ccccc1)c1c(-c2ccc(F)cc2)oc2ccc3ccccc3c12. The molecule has 1 atom stereocenters. The highest BCUT2D eigenvalue weighted by Crippen LogP contribution is 2.41. The molecule has 4 heteroatoms. The van der Waals surface area contributed by atoms with E-state index in [-0.39, 0.29) is 5.82 Å². The van der Waals surface area contributed by atoms with Crippen molar-refractivity contribution in [2.45, 2.75) is 9.79 Å². The van der Waals surface area contributed by atoms with E-state index >= 15 is 0 Å². The molecule has 28 heavy (non-hydrogen) atoms. The Kier molecular flexibility index (Phi) is 4.06. The Morgan fingerprint density at radius 2 is 1.46 bits per heavy atom. The van der Waals surface area contributed by atoms with Crippen LogP contribution in [0.5, 0.6) is 0 Å². The van der Waals surface area contributed by atoms with Crippen molar-refractivity contribution in [1.82, 2.24) is 0 Å². The average molecular weight is 386 g/mol. The topological polar surface area (TPSA) is 30.2 Å². The highest BCUT2D eigenvalue weighted by Gasteiger charge is 2.24. The minimum atomic E-state index is -1.45. The molecular formula is C24H15FO2S. The van der Waals surface area contributed by atoms with Crippen LogP contribution in [0, 0.1) is 5.82 Å². The predicted octanol–water partition coefficient (Wildman–Crippen LogP) is 6.56. The first-order valence-corrected chi connectivity index (χ1v) is 10.0. The number of benzene rings is 4. The first kappa shape index (κ1) is 16.9. The van der Waals surface area contributed by atoms with Gasteiger partial charge < -0.3 is 4.42 Å². The lowest BCUT2D eigenvalue weighted by molar-refractivity contribution is 0.618. The van der Waals surface area contributed by atoms with Crippen molar-refractivity contribution in [2.75, 3.05) is 0 Å². The molecule has 0 saturated heterocycles. The van der Waals surface area contributed by atoms with Gasteiger partial charge in [-0.3, -0.25) is 0 Å². The van der Waals surface area contributed by atoms with Crippen molar-refractivity contribution < 1.29 is 13.0 Å². The van der Waals surface area contributed by atoms with Crippen LogP contribution < -0.4 is 0 Å². The molecule has 0 N–H and O–H groups in total. The summed E-state index contributed by atoms with van der Waals surface area (Å²) in [5.41, 5.74) is 1.36. The predicted molar refractivity (Wildman–Crippen MR) is 110 cm³/mol. The molecule has 0 aliphatic heterocycles. The summed E-state index contributed by atoms with van der Waals surface area (Å²) in [5, 5.41) is 2.86. The van der Waals surface area contributed by atoms with E-state index in [1.54, 1.807) is 12.1 Å². The van der Waals surface area contributed by atoms with Gasteiger partial charge in [0.15, 0.2) is 5.76 Å². The molecule has 5 aromatic rings. The normalized spacial score (nSPS) is 12.5. The quantitative estimate of drug-likeness (QED) is 0.351. The zero-order valence-electron chi connectivity index (χ0n) is 14.8. The number of halogens is 1. The molecular weight excluding hydrogens is 371 g/mol. The van der Waals surface area contributed by atoms with E-state index < -0.39 is 10.8 Å². The lowest BCUT2D eigenvalue weighted by Crippen LogP contribution is -1.94. The first-order chi connectivity index (χ1) is 13.7. The monoisotopic (exact) mass is 386 g/mol. The third kappa shape index (κ3) is 2.74. The fraction of sp³-hybridized carbons (Fsp3) is 0. The van der Waals surface area contributed by atoms with Crippen molar-refractivity contribution in [3.63, 3.8) is 0 Å². The minimum Gasteiger partial charge on any atom is -0.455 e. The Morgan fingerprint density at radius 1 is 0.750 bits per heavy atom. The van der Waals surface area contributed by atoms with Gasteiger partial charge in [-0.15, -0.1) is 0 Å². The van der Waals surface area contributed by atoms with Crippen molar-refractivity contribution in [3.05, 3.63) is 96.8 Å². The van der Waals surface area contributed by atoms with Crippen molar-refractivity contribution in [1.29, 1.82) is 0 Å². The Bertz CT molecular complexity index is 1320. The van der Waals surface area contributed by atoms with Crippen molar-refractivity contribution in [3.8, 4) is 11.3 Å². The van der Waals surface area contributed by atoms with Gasteiger partial charge in [-0.05, 0) is 53.2 Å². The molecule has 0 fully saturated rings. The third-order valence-corrected chi connectivity index (χ3v) is 6.25. The van der Waals surface area contributed by atoms with Gasteiger partial charge in [0.05, 0.1) is 15.7 Å². The highest BCUT2D eigenvalue weighted by molar-refractivity contribution is 7.85. The third-order valence-electron chi connectivity index (χ3n) is 4.79. The van der Waals surface area contributed by atoms with E-state index in [2.05, 4.69) is 0 Å². The summed E-state index contributed by atoms with van der Waals surface area (Å²) in [4.78, 5) is 1.31. The van der Waals surface area contributed by atoms with Gasteiger partial charge in [0.25, 0.3) is 0 Å². The first-order valence-electron chi connectivity index (χ1n) is 8.89. The van der Waals surface area contributed by atoms with Gasteiger partial charge in [0.2, 0.25) is 0 Å². The van der Waals surface area contributed by atoms with Crippen molar-refractivity contribution >= 4 is 32.5 Å². The molecule has 2 nitrogen and oxygen atoms in total. The minimum absolute atomic E-state index is 0.323.